The monoisotopic (exact) mass is 295 g/mol. The molecule has 0 saturated carbocycles. The number of thiazole rings is 1. The second-order valence-corrected chi connectivity index (χ2v) is 6.66. The van der Waals surface area contributed by atoms with E-state index in [2.05, 4.69) is 32.7 Å². The fourth-order valence-corrected chi connectivity index (χ4v) is 3.73. The van der Waals surface area contributed by atoms with E-state index < -0.39 is 0 Å². The minimum Gasteiger partial charge on any atom is -0.363 e. The van der Waals surface area contributed by atoms with E-state index in [0.29, 0.717) is 0 Å². The van der Waals surface area contributed by atoms with E-state index in [4.69, 9.17) is 4.98 Å². The number of anilines is 2. The van der Waals surface area contributed by atoms with Crippen molar-refractivity contribution in [2.75, 3.05) is 30.4 Å². The topological polar surface area (TPSA) is 53.9 Å². The average Bonchev–Trinajstić information content (AvgIpc) is 3.08. The molecule has 0 atom stereocenters. The van der Waals surface area contributed by atoms with Gasteiger partial charge in [0.25, 0.3) is 0 Å². The Morgan fingerprint density at radius 1 is 1.32 bits per heavy atom. The Hall–Kier alpha value is -1.21. The molecule has 7 heteroatoms. The molecule has 1 N–H and O–H groups in total. The van der Waals surface area contributed by atoms with Crippen LogP contribution in [0.2, 0.25) is 0 Å². The molecule has 0 radical (unpaired) electrons. The molecule has 0 aromatic carbocycles. The van der Waals surface area contributed by atoms with E-state index in [1.54, 1.807) is 11.3 Å². The lowest BCUT2D eigenvalue weighted by molar-refractivity contribution is 0.438. The lowest BCUT2D eigenvalue weighted by Gasteiger charge is -2.29. The normalized spacial score (nSPS) is 16.8. The highest BCUT2D eigenvalue weighted by atomic mass is 32.1. The van der Waals surface area contributed by atoms with E-state index in [1.165, 1.54) is 24.2 Å². The van der Waals surface area contributed by atoms with E-state index in [0.717, 1.165) is 40.0 Å². The fraction of sp³-hybridized carbons (Fsp3) is 0.583. The highest BCUT2D eigenvalue weighted by molar-refractivity contribution is 7.19. The molecule has 102 valence electrons. The summed E-state index contributed by atoms with van der Waals surface area (Å²) in [5, 5.41) is 16.1. The van der Waals surface area contributed by atoms with Gasteiger partial charge in [-0.15, -0.1) is 21.5 Å². The molecular formula is C12H17N5S2. The predicted molar refractivity (Wildman–Crippen MR) is 81.2 cm³/mol. The van der Waals surface area contributed by atoms with Gasteiger partial charge >= 0.3 is 0 Å². The Kier molecular flexibility index (Phi) is 3.65. The number of hydrogen-bond donors (Lipinski definition) is 1. The van der Waals surface area contributed by atoms with Gasteiger partial charge in [0.15, 0.2) is 10.1 Å². The van der Waals surface area contributed by atoms with Crippen LogP contribution < -0.4 is 10.2 Å². The molecule has 1 aliphatic heterocycles. The van der Waals surface area contributed by atoms with Crippen LogP contribution in [0.15, 0.2) is 5.38 Å². The van der Waals surface area contributed by atoms with Crippen molar-refractivity contribution in [2.24, 2.45) is 5.92 Å². The van der Waals surface area contributed by atoms with E-state index in [9.17, 15) is 0 Å². The summed E-state index contributed by atoms with van der Waals surface area (Å²) in [4.78, 5) is 7.08. The Bertz CT molecular complexity index is 542. The van der Waals surface area contributed by atoms with Crippen molar-refractivity contribution in [3.05, 3.63) is 5.38 Å². The summed E-state index contributed by atoms with van der Waals surface area (Å²) in [7, 11) is 1.85. The summed E-state index contributed by atoms with van der Waals surface area (Å²) >= 11 is 3.24. The lowest BCUT2D eigenvalue weighted by atomic mass is 10.00. The number of nitrogens with zero attached hydrogens (tertiary/aromatic N) is 4. The van der Waals surface area contributed by atoms with Crippen LogP contribution in [0.3, 0.4) is 0 Å². The standard InChI is InChI=1S/C12H17N5S2/c1-8-3-5-17(6-4-8)12-14-9(7-18-12)10-15-16-11(13-2)19-10/h7-8H,3-6H2,1-2H3,(H,13,16). The van der Waals surface area contributed by atoms with E-state index in [-0.39, 0.29) is 0 Å². The number of hydrogen-bond acceptors (Lipinski definition) is 7. The number of nitrogens with one attached hydrogen (secondary N) is 1. The highest BCUT2D eigenvalue weighted by Crippen LogP contribution is 2.32. The molecule has 0 amide bonds. The van der Waals surface area contributed by atoms with Gasteiger partial charge in [0.05, 0.1) is 0 Å². The molecule has 0 bridgehead atoms. The van der Waals surface area contributed by atoms with Crippen LogP contribution in [0, 0.1) is 5.92 Å². The Morgan fingerprint density at radius 3 is 2.79 bits per heavy atom. The SMILES string of the molecule is CNc1nnc(-c2csc(N3CCC(C)CC3)n2)s1. The number of piperidine rings is 1. The molecule has 0 unspecified atom stereocenters. The van der Waals surface area contributed by atoms with Crippen LogP contribution in [0.1, 0.15) is 19.8 Å². The van der Waals surface area contributed by atoms with Crippen LogP contribution in [0.25, 0.3) is 10.7 Å². The van der Waals surface area contributed by atoms with E-state index >= 15 is 0 Å². The molecular weight excluding hydrogens is 278 g/mol. The van der Waals surface area contributed by atoms with Gasteiger partial charge in [-0.05, 0) is 18.8 Å². The fourth-order valence-electron chi connectivity index (χ4n) is 2.14. The maximum Gasteiger partial charge on any atom is 0.205 e. The van der Waals surface area contributed by atoms with Crippen LogP contribution in [0.5, 0.6) is 0 Å². The van der Waals surface area contributed by atoms with Gasteiger partial charge in [-0.3, -0.25) is 0 Å². The van der Waals surface area contributed by atoms with Crippen LogP contribution in [-0.2, 0) is 0 Å². The van der Waals surface area contributed by atoms with Crippen molar-refractivity contribution in [1.29, 1.82) is 0 Å². The smallest absolute Gasteiger partial charge is 0.205 e. The molecule has 3 rings (SSSR count). The predicted octanol–water partition coefficient (Wildman–Crippen LogP) is 2.94. The summed E-state index contributed by atoms with van der Waals surface area (Å²) < 4.78 is 0. The first-order chi connectivity index (χ1) is 9.26. The van der Waals surface area contributed by atoms with Crippen LogP contribution in [0.4, 0.5) is 10.3 Å². The third-order valence-corrected chi connectivity index (χ3v) is 5.27. The van der Waals surface area contributed by atoms with Gasteiger partial charge < -0.3 is 10.2 Å². The number of aromatic nitrogens is 3. The molecule has 0 aliphatic carbocycles. The zero-order valence-electron chi connectivity index (χ0n) is 11.1. The van der Waals surface area contributed by atoms with Crippen molar-refractivity contribution >= 4 is 32.9 Å². The molecule has 2 aromatic rings. The van der Waals surface area contributed by atoms with Crippen molar-refractivity contribution in [3.8, 4) is 10.7 Å². The first-order valence-corrected chi connectivity index (χ1v) is 8.18. The third-order valence-electron chi connectivity index (χ3n) is 3.40. The number of rotatable bonds is 3. The first kappa shape index (κ1) is 12.8. The zero-order chi connectivity index (χ0) is 13.2. The summed E-state index contributed by atoms with van der Waals surface area (Å²) in [5.41, 5.74) is 0.942. The quantitative estimate of drug-likeness (QED) is 0.943. The summed E-state index contributed by atoms with van der Waals surface area (Å²) in [6.07, 6.45) is 2.52. The van der Waals surface area contributed by atoms with E-state index in [1.807, 2.05) is 7.05 Å². The summed E-state index contributed by atoms with van der Waals surface area (Å²) in [6, 6.07) is 0. The van der Waals surface area contributed by atoms with Crippen molar-refractivity contribution in [1.82, 2.24) is 15.2 Å². The van der Waals surface area contributed by atoms with Gasteiger partial charge in [0.2, 0.25) is 5.13 Å². The second kappa shape index (κ2) is 5.42. The van der Waals surface area contributed by atoms with Crippen molar-refractivity contribution in [2.45, 2.75) is 19.8 Å². The largest absolute Gasteiger partial charge is 0.363 e. The minimum atomic E-state index is 0.830. The minimum absolute atomic E-state index is 0.830. The summed E-state index contributed by atoms with van der Waals surface area (Å²) in [5.74, 6) is 0.844. The maximum atomic E-state index is 4.70. The molecule has 1 aliphatic rings. The van der Waals surface area contributed by atoms with Gasteiger partial charge in [-0.2, -0.15) is 0 Å². The molecule has 1 fully saturated rings. The Balaban J connectivity index is 1.75. The van der Waals surface area contributed by atoms with Crippen LogP contribution >= 0.6 is 22.7 Å². The Morgan fingerprint density at radius 2 is 2.11 bits per heavy atom. The Labute approximate surface area is 120 Å². The van der Waals surface area contributed by atoms with Crippen LogP contribution in [-0.4, -0.2) is 35.3 Å². The third kappa shape index (κ3) is 2.71. The highest BCUT2D eigenvalue weighted by Gasteiger charge is 2.19. The maximum absolute atomic E-state index is 4.70. The molecule has 19 heavy (non-hydrogen) atoms. The zero-order valence-corrected chi connectivity index (χ0v) is 12.7. The molecule has 5 nitrogen and oxygen atoms in total. The summed E-state index contributed by atoms with van der Waals surface area (Å²) in [6.45, 7) is 4.56. The van der Waals surface area contributed by atoms with Gasteiger partial charge in [0, 0.05) is 25.5 Å². The lowest BCUT2D eigenvalue weighted by Crippen LogP contribution is -2.32. The molecule has 3 heterocycles. The molecule has 1 saturated heterocycles. The van der Waals surface area contributed by atoms with Gasteiger partial charge in [-0.25, -0.2) is 4.98 Å². The van der Waals surface area contributed by atoms with Crippen molar-refractivity contribution in [3.63, 3.8) is 0 Å². The van der Waals surface area contributed by atoms with Crippen molar-refractivity contribution < 1.29 is 0 Å². The van der Waals surface area contributed by atoms with Gasteiger partial charge in [0.1, 0.15) is 5.69 Å². The molecule has 0 spiro atoms. The van der Waals surface area contributed by atoms with Gasteiger partial charge in [-0.1, -0.05) is 18.3 Å². The second-order valence-electron chi connectivity index (χ2n) is 4.85. The molecule has 2 aromatic heterocycles. The average molecular weight is 295 g/mol. The first-order valence-electron chi connectivity index (χ1n) is 6.48.